The van der Waals surface area contributed by atoms with Gasteiger partial charge in [-0.1, -0.05) is 33.8 Å². The number of hydrogen-bond donors (Lipinski definition) is 2. The Hall–Kier alpha value is -1.20. The van der Waals surface area contributed by atoms with Gasteiger partial charge in [-0.05, 0) is 86.9 Å². The van der Waals surface area contributed by atoms with Crippen molar-refractivity contribution in [2.75, 3.05) is 6.61 Å². The number of aliphatic hydroxyl groups is 1. The Morgan fingerprint density at radius 3 is 2.59 bits per heavy atom. The summed E-state index contributed by atoms with van der Waals surface area (Å²) < 4.78 is 6.64. The molecule has 0 aromatic rings. The number of Topliss-reactive ketones (excluding diaryl/α,β-unsaturated/α-hetero) is 1. The lowest BCUT2D eigenvalue weighted by Crippen LogP contribution is -2.67. The molecule has 0 aromatic carbocycles. The summed E-state index contributed by atoms with van der Waals surface area (Å²) in [4.78, 5) is 25.4. The number of ketones is 1. The standard InChI is InChI=1S/C29H44O5/c1-17(7-6-8-18(2)25(32)33)20-11-13-26(4)22-12-14-29-19(3)21(30)9-10-23(29)28(22,16-34-29)24(31)15-27(20,26)5/h8,17,19-23,30H,6-7,9-16H2,1-5H3,(H,32,33)/b18-8+/t17-,19+,20?,21+,22?,23?,26+,27-,28-,29+/m1/s1. The Labute approximate surface area is 204 Å². The number of allylic oxidation sites excluding steroid dienone is 1. The van der Waals surface area contributed by atoms with Gasteiger partial charge < -0.3 is 14.9 Å². The van der Waals surface area contributed by atoms with Gasteiger partial charge in [0, 0.05) is 23.8 Å². The van der Waals surface area contributed by atoms with Crippen LogP contribution in [0.5, 0.6) is 0 Å². The second-order valence-corrected chi connectivity index (χ2v) is 13.2. The number of carboxylic acid groups (broad SMARTS) is 1. The van der Waals surface area contributed by atoms with Crippen LogP contribution in [0.15, 0.2) is 11.6 Å². The van der Waals surface area contributed by atoms with E-state index in [9.17, 15) is 14.7 Å². The fourth-order valence-corrected chi connectivity index (χ4v) is 10.2. The summed E-state index contributed by atoms with van der Waals surface area (Å²) in [5.41, 5.74) is -0.157. The van der Waals surface area contributed by atoms with Gasteiger partial charge in [-0.2, -0.15) is 0 Å². The van der Waals surface area contributed by atoms with Gasteiger partial charge in [-0.3, -0.25) is 4.79 Å². The molecule has 1 saturated heterocycles. The average Bonchev–Trinajstić information content (AvgIpc) is 3.18. The van der Waals surface area contributed by atoms with Crippen molar-refractivity contribution in [2.24, 2.45) is 45.8 Å². The van der Waals surface area contributed by atoms with Crippen LogP contribution in [0.1, 0.15) is 92.4 Å². The summed E-state index contributed by atoms with van der Waals surface area (Å²) in [5.74, 6) is 1.25. The van der Waals surface area contributed by atoms with Crippen molar-refractivity contribution in [1.82, 2.24) is 0 Å². The number of fused-ring (bicyclic) bond motifs is 2. The Bertz CT molecular complexity index is 910. The second-order valence-electron chi connectivity index (χ2n) is 13.2. The predicted octanol–water partition coefficient (Wildman–Crippen LogP) is 5.40. The molecule has 1 heterocycles. The zero-order valence-corrected chi connectivity index (χ0v) is 21.7. The van der Waals surface area contributed by atoms with E-state index in [1.165, 1.54) is 6.42 Å². The largest absolute Gasteiger partial charge is 0.478 e. The molecular formula is C29H44O5. The molecule has 3 unspecified atom stereocenters. The van der Waals surface area contributed by atoms with Gasteiger partial charge in [-0.15, -0.1) is 0 Å². The minimum Gasteiger partial charge on any atom is -0.478 e. The van der Waals surface area contributed by atoms with E-state index in [0.29, 0.717) is 42.1 Å². The SMILES string of the molecule is C/C(=C\CC[C@@H](C)C1CC[C@@]2(C)C3CC[C@@]45OC[C@]3(C(=O)C[C@]12C)C4CC[C@H](O)[C@@H]5C)C(=O)O. The van der Waals surface area contributed by atoms with Gasteiger partial charge in [0.25, 0.3) is 0 Å². The highest BCUT2D eigenvalue weighted by Crippen LogP contribution is 2.77. The van der Waals surface area contributed by atoms with E-state index in [1.807, 2.05) is 6.08 Å². The summed E-state index contributed by atoms with van der Waals surface area (Å²) in [5, 5.41) is 19.8. The van der Waals surface area contributed by atoms with E-state index in [1.54, 1.807) is 6.92 Å². The number of carbonyl (C=O) groups excluding carboxylic acids is 1. The van der Waals surface area contributed by atoms with Crippen LogP contribution in [0.2, 0.25) is 0 Å². The molecule has 34 heavy (non-hydrogen) atoms. The molecule has 10 atom stereocenters. The molecule has 1 spiro atoms. The molecule has 190 valence electrons. The molecule has 5 aliphatic rings. The minimum atomic E-state index is -0.840. The van der Waals surface area contributed by atoms with Gasteiger partial charge >= 0.3 is 5.97 Å². The van der Waals surface area contributed by atoms with Crippen molar-refractivity contribution < 1.29 is 24.5 Å². The molecule has 0 radical (unpaired) electrons. The number of carbonyl (C=O) groups is 2. The van der Waals surface area contributed by atoms with Crippen LogP contribution < -0.4 is 0 Å². The topological polar surface area (TPSA) is 83.8 Å². The monoisotopic (exact) mass is 472 g/mol. The number of ether oxygens (including phenoxy) is 1. The first-order valence-corrected chi connectivity index (χ1v) is 13.7. The van der Waals surface area contributed by atoms with Crippen LogP contribution >= 0.6 is 0 Å². The lowest BCUT2D eigenvalue weighted by atomic mass is 9.37. The first-order chi connectivity index (χ1) is 15.9. The fraction of sp³-hybridized carbons (Fsp3) is 0.862. The molecule has 5 heteroatoms. The molecule has 2 N–H and O–H groups in total. The number of rotatable bonds is 5. The highest BCUT2D eigenvalue weighted by molar-refractivity contribution is 5.89. The molecule has 4 saturated carbocycles. The molecule has 0 amide bonds. The van der Waals surface area contributed by atoms with E-state index in [-0.39, 0.29) is 39.8 Å². The second kappa shape index (κ2) is 7.90. The molecule has 4 aliphatic carbocycles. The maximum atomic E-state index is 14.3. The first-order valence-electron chi connectivity index (χ1n) is 13.7. The first kappa shape index (κ1) is 24.5. The summed E-state index contributed by atoms with van der Waals surface area (Å²) in [6.45, 7) is 11.6. The number of aliphatic hydroxyl groups excluding tert-OH is 1. The molecule has 0 aromatic heterocycles. The van der Waals surface area contributed by atoms with Gasteiger partial charge in [0.2, 0.25) is 0 Å². The normalized spacial score (nSPS) is 50.9. The molecule has 5 fully saturated rings. The summed E-state index contributed by atoms with van der Waals surface area (Å²) >= 11 is 0. The zero-order valence-electron chi connectivity index (χ0n) is 21.7. The van der Waals surface area contributed by atoms with Gasteiger partial charge in [0.05, 0.1) is 23.7 Å². The van der Waals surface area contributed by atoms with Crippen LogP contribution in [0.25, 0.3) is 0 Å². The summed E-state index contributed by atoms with van der Waals surface area (Å²) in [7, 11) is 0. The Kier molecular flexibility index (Phi) is 5.69. The zero-order chi connectivity index (χ0) is 24.7. The third kappa shape index (κ3) is 2.92. The number of carboxylic acids is 1. The summed E-state index contributed by atoms with van der Waals surface area (Å²) in [6.07, 6.45) is 9.95. The quantitative estimate of drug-likeness (QED) is 0.523. The molecule has 5 nitrogen and oxygen atoms in total. The highest BCUT2D eigenvalue weighted by atomic mass is 16.5. The van der Waals surface area contributed by atoms with Crippen molar-refractivity contribution in [1.29, 1.82) is 0 Å². The van der Waals surface area contributed by atoms with Gasteiger partial charge in [0.15, 0.2) is 0 Å². The molecule has 2 bridgehead atoms. The molecular weight excluding hydrogens is 428 g/mol. The number of aliphatic carboxylic acids is 1. The smallest absolute Gasteiger partial charge is 0.330 e. The van der Waals surface area contributed by atoms with E-state index in [2.05, 4.69) is 27.7 Å². The van der Waals surface area contributed by atoms with Gasteiger partial charge in [-0.25, -0.2) is 4.79 Å². The van der Waals surface area contributed by atoms with Crippen molar-refractivity contribution >= 4 is 11.8 Å². The van der Waals surface area contributed by atoms with E-state index >= 15 is 0 Å². The van der Waals surface area contributed by atoms with Crippen molar-refractivity contribution in [3.8, 4) is 0 Å². The summed E-state index contributed by atoms with van der Waals surface area (Å²) in [6, 6.07) is 0. The average molecular weight is 473 g/mol. The third-order valence-corrected chi connectivity index (χ3v) is 12.3. The maximum absolute atomic E-state index is 14.3. The van der Waals surface area contributed by atoms with Crippen LogP contribution in [0.3, 0.4) is 0 Å². The highest BCUT2D eigenvalue weighted by Gasteiger charge is 2.77. The van der Waals surface area contributed by atoms with Crippen molar-refractivity contribution in [3.05, 3.63) is 11.6 Å². The van der Waals surface area contributed by atoms with Crippen LogP contribution in [-0.2, 0) is 14.3 Å². The van der Waals surface area contributed by atoms with Crippen LogP contribution in [0, 0.1) is 45.8 Å². The number of hydrogen-bond acceptors (Lipinski definition) is 4. The van der Waals surface area contributed by atoms with E-state index in [0.717, 1.165) is 44.9 Å². The predicted molar refractivity (Wildman–Crippen MR) is 130 cm³/mol. The maximum Gasteiger partial charge on any atom is 0.330 e. The van der Waals surface area contributed by atoms with Gasteiger partial charge in [0.1, 0.15) is 5.78 Å². The van der Waals surface area contributed by atoms with E-state index < -0.39 is 5.97 Å². The third-order valence-electron chi connectivity index (χ3n) is 12.3. The van der Waals surface area contributed by atoms with Crippen molar-refractivity contribution in [3.63, 3.8) is 0 Å². The molecule has 1 aliphatic heterocycles. The Morgan fingerprint density at radius 2 is 1.88 bits per heavy atom. The minimum absolute atomic E-state index is 0.0205. The lowest BCUT2D eigenvalue weighted by Gasteiger charge is -2.64. The Morgan fingerprint density at radius 1 is 1.15 bits per heavy atom. The Balaban J connectivity index is 1.43. The molecule has 5 rings (SSSR count). The van der Waals surface area contributed by atoms with Crippen LogP contribution in [0.4, 0.5) is 0 Å². The lowest BCUT2D eigenvalue weighted by molar-refractivity contribution is -0.191. The van der Waals surface area contributed by atoms with Crippen molar-refractivity contribution in [2.45, 2.75) is 104 Å². The van der Waals surface area contributed by atoms with E-state index in [4.69, 9.17) is 9.84 Å². The van der Waals surface area contributed by atoms with Crippen LogP contribution in [-0.4, -0.2) is 40.3 Å². The fourth-order valence-electron chi connectivity index (χ4n) is 10.2.